The Hall–Kier alpha value is -0.840. The molecule has 0 aliphatic carbocycles. The van der Waals surface area contributed by atoms with Crippen LogP contribution >= 0.6 is 12.2 Å². The van der Waals surface area contributed by atoms with Gasteiger partial charge in [-0.3, -0.25) is 4.57 Å². The second kappa shape index (κ2) is 3.14. The molecule has 4 nitrogen and oxygen atoms in total. The number of H-pyrrole nitrogens is 1. The highest BCUT2D eigenvalue weighted by Gasteiger charge is 2.23. The molecule has 5 heteroatoms. The Labute approximate surface area is 82.6 Å². The summed E-state index contributed by atoms with van der Waals surface area (Å²) in [5.41, 5.74) is 0. The van der Waals surface area contributed by atoms with Crippen molar-refractivity contribution in [1.82, 2.24) is 14.8 Å². The van der Waals surface area contributed by atoms with Gasteiger partial charge in [-0.1, -0.05) is 0 Å². The van der Waals surface area contributed by atoms with Gasteiger partial charge in [0.05, 0.1) is 0 Å². The molecule has 0 aromatic carbocycles. The highest BCUT2D eigenvalue weighted by molar-refractivity contribution is 7.71. The minimum atomic E-state index is 0.587. The van der Waals surface area contributed by atoms with E-state index in [4.69, 9.17) is 12.2 Å². The smallest absolute Gasteiger partial charge is 0.225 e. The van der Waals surface area contributed by atoms with E-state index in [9.17, 15) is 0 Å². The number of nitrogens with one attached hydrogen (secondary N) is 1. The van der Waals surface area contributed by atoms with Gasteiger partial charge in [0.1, 0.15) is 0 Å². The lowest BCUT2D eigenvalue weighted by atomic mass is 10.2. The van der Waals surface area contributed by atoms with Crippen molar-refractivity contribution >= 4 is 18.2 Å². The lowest BCUT2D eigenvalue weighted by Crippen LogP contribution is -2.28. The van der Waals surface area contributed by atoms with Crippen LogP contribution in [0.5, 0.6) is 0 Å². The van der Waals surface area contributed by atoms with Gasteiger partial charge in [0, 0.05) is 19.6 Å². The summed E-state index contributed by atoms with van der Waals surface area (Å²) in [6.07, 6.45) is 2.50. The minimum absolute atomic E-state index is 0.587. The molecule has 0 saturated carbocycles. The first kappa shape index (κ1) is 8.74. The number of nitrogens with zero attached hydrogens (tertiary/aromatic N) is 3. The molecule has 1 aromatic rings. The minimum Gasteiger partial charge on any atom is -0.338 e. The van der Waals surface area contributed by atoms with Gasteiger partial charge < -0.3 is 4.90 Å². The number of aromatic amines is 1. The summed E-state index contributed by atoms with van der Waals surface area (Å²) in [5, 5.41) is 7.03. The molecule has 2 heterocycles. The van der Waals surface area contributed by atoms with E-state index in [0.29, 0.717) is 10.8 Å². The van der Waals surface area contributed by atoms with E-state index in [1.165, 1.54) is 12.8 Å². The molecule has 1 N–H and O–H groups in total. The summed E-state index contributed by atoms with van der Waals surface area (Å²) in [7, 11) is 1.95. The van der Waals surface area contributed by atoms with Crippen molar-refractivity contribution < 1.29 is 0 Å². The number of anilines is 1. The molecule has 1 aliphatic rings. The molecule has 1 saturated heterocycles. The highest BCUT2D eigenvalue weighted by Crippen LogP contribution is 2.22. The fourth-order valence-electron chi connectivity index (χ4n) is 1.83. The maximum Gasteiger partial charge on any atom is 0.225 e. The molecule has 72 valence electrons. The van der Waals surface area contributed by atoms with Gasteiger partial charge in [0.2, 0.25) is 5.95 Å². The van der Waals surface area contributed by atoms with E-state index < -0.39 is 0 Å². The zero-order valence-electron chi connectivity index (χ0n) is 7.95. The van der Waals surface area contributed by atoms with Crippen LogP contribution in [-0.2, 0) is 7.05 Å². The monoisotopic (exact) mass is 198 g/mol. The normalized spacial score (nSPS) is 22.6. The van der Waals surface area contributed by atoms with E-state index >= 15 is 0 Å². The molecule has 1 fully saturated rings. The molecule has 1 atom stereocenters. The largest absolute Gasteiger partial charge is 0.338 e. The third-order valence-corrected chi connectivity index (χ3v) is 3.03. The summed E-state index contributed by atoms with van der Waals surface area (Å²) in [5.74, 6) is 0.968. The summed E-state index contributed by atoms with van der Waals surface area (Å²) >= 11 is 5.07. The van der Waals surface area contributed by atoms with E-state index in [-0.39, 0.29) is 0 Å². The predicted octanol–water partition coefficient (Wildman–Crippen LogP) is 1.47. The third-order valence-electron chi connectivity index (χ3n) is 2.67. The van der Waals surface area contributed by atoms with E-state index in [0.717, 1.165) is 12.5 Å². The Balaban J connectivity index is 2.34. The van der Waals surface area contributed by atoms with E-state index in [1.807, 2.05) is 11.6 Å². The number of rotatable bonds is 1. The third kappa shape index (κ3) is 1.37. The first-order valence-corrected chi connectivity index (χ1v) is 4.99. The van der Waals surface area contributed by atoms with Crippen molar-refractivity contribution in [2.75, 3.05) is 11.4 Å². The molecule has 1 aromatic heterocycles. The van der Waals surface area contributed by atoms with Gasteiger partial charge in [-0.25, -0.2) is 5.10 Å². The Kier molecular flexibility index (Phi) is 2.11. The summed E-state index contributed by atoms with van der Waals surface area (Å²) < 4.78 is 2.62. The maximum absolute atomic E-state index is 5.07. The second-order valence-electron chi connectivity index (χ2n) is 3.57. The average Bonchev–Trinajstić information content (AvgIpc) is 2.62. The molecular formula is C8H14N4S. The molecule has 0 amide bonds. The summed E-state index contributed by atoms with van der Waals surface area (Å²) in [4.78, 5) is 2.30. The van der Waals surface area contributed by atoms with Crippen LogP contribution in [0, 0.1) is 4.77 Å². The first-order valence-electron chi connectivity index (χ1n) is 4.58. The van der Waals surface area contributed by atoms with Gasteiger partial charge in [-0.15, -0.1) is 5.10 Å². The molecule has 13 heavy (non-hydrogen) atoms. The predicted molar refractivity (Wildman–Crippen MR) is 54.4 cm³/mol. The quantitative estimate of drug-likeness (QED) is 0.694. The zero-order valence-corrected chi connectivity index (χ0v) is 8.77. The van der Waals surface area contributed by atoms with Gasteiger partial charge in [-0.05, 0) is 32.0 Å². The average molecular weight is 198 g/mol. The van der Waals surface area contributed by atoms with E-state index in [2.05, 4.69) is 22.0 Å². The molecule has 0 bridgehead atoms. The van der Waals surface area contributed by atoms with Crippen LogP contribution in [0.3, 0.4) is 0 Å². The van der Waals surface area contributed by atoms with Crippen LogP contribution in [0.25, 0.3) is 0 Å². The molecule has 1 unspecified atom stereocenters. The fourth-order valence-corrected chi connectivity index (χ4v) is 1.95. The first-order chi connectivity index (χ1) is 6.20. The van der Waals surface area contributed by atoms with Crippen molar-refractivity contribution in [3.63, 3.8) is 0 Å². The number of hydrogen-bond acceptors (Lipinski definition) is 3. The number of aromatic nitrogens is 3. The summed E-state index contributed by atoms with van der Waals surface area (Å²) in [6, 6.07) is 0.587. The van der Waals surface area contributed by atoms with Crippen LogP contribution in [0.2, 0.25) is 0 Å². The van der Waals surface area contributed by atoms with Crippen LogP contribution in [0.15, 0.2) is 0 Å². The Morgan fingerprint density at radius 2 is 2.38 bits per heavy atom. The highest BCUT2D eigenvalue weighted by atomic mass is 32.1. The van der Waals surface area contributed by atoms with Crippen LogP contribution in [0.1, 0.15) is 19.8 Å². The summed E-state index contributed by atoms with van der Waals surface area (Å²) in [6.45, 7) is 3.32. The zero-order chi connectivity index (χ0) is 9.42. The standard InChI is InChI=1S/C8H14N4S/c1-6-4-3-5-12(6)7-9-10-8(13)11(7)2/h6H,3-5H2,1-2H3,(H,10,13). The lowest BCUT2D eigenvalue weighted by molar-refractivity contribution is 0.698. The Morgan fingerprint density at radius 3 is 2.85 bits per heavy atom. The van der Waals surface area contributed by atoms with Crippen molar-refractivity contribution in [1.29, 1.82) is 0 Å². The second-order valence-corrected chi connectivity index (χ2v) is 3.96. The van der Waals surface area contributed by atoms with Gasteiger partial charge in [0.15, 0.2) is 4.77 Å². The SMILES string of the molecule is CC1CCCN1c1n[nH]c(=S)n1C. The number of hydrogen-bond donors (Lipinski definition) is 1. The topological polar surface area (TPSA) is 36.9 Å². The van der Waals surface area contributed by atoms with Gasteiger partial charge >= 0.3 is 0 Å². The fraction of sp³-hybridized carbons (Fsp3) is 0.750. The van der Waals surface area contributed by atoms with Crippen LogP contribution < -0.4 is 4.90 Å². The lowest BCUT2D eigenvalue weighted by Gasteiger charge is -2.21. The van der Waals surface area contributed by atoms with Gasteiger partial charge in [0.25, 0.3) is 0 Å². The van der Waals surface area contributed by atoms with Gasteiger partial charge in [-0.2, -0.15) is 0 Å². The molecule has 0 spiro atoms. The van der Waals surface area contributed by atoms with Crippen molar-refractivity contribution in [2.45, 2.75) is 25.8 Å². The van der Waals surface area contributed by atoms with Crippen LogP contribution in [0.4, 0.5) is 5.95 Å². The Morgan fingerprint density at radius 1 is 1.62 bits per heavy atom. The molecular weight excluding hydrogens is 184 g/mol. The molecule has 1 aliphatic heterocycles. The maximum atomic E-state index is 5.07. The molecule has 2 rings (SSSR count). The van der Waals surface area contributed by atoms with E-state index in [1.54, 1.807) is 0 Å². The van der Waals surface area contributed by atoms with Crippen molar-refractivity contribution in [3.05, 3.63) is 4.77 Å². The van der Waals surface area contributed by atoms with Crippen molar-refractivity contribution in [2.24, 2.45) is 7.05 Å². The Bertz CT molecular complexity index is 353. The van der Waals surface area contributed by atoms with Crippen molar-refractivity contribution in [3.8, 4) is 0 Å². The molecule has 0 radical (unpaired) electrons. The van der Waals surface area contributed by atoms with Crippen LogP contribution in [-0.4, -0.2) is 27.4 Å².